The highest BCUT2D eigenvalue weighted by Crippen LogP contribution is 2.43. The summed E-state index contributed by atoms with van der Waals surface area (Å²) in [6.07, 6.45) is 1.91. The molecule has 4 rings (SSSR count). The number of rotatable bonds is 3. The molecular formula is C24H19N4OS+. The largest absolute Gasteiger partial charge is 0.450 e. The molecule has 0 aliphatic heterocycles. The maximum absolute atomic E-state index is 9.68. The Balaban J connectivity index is 1.76. The van der Waals surface area contributed by atoms with Crippen LogP contribution in [0.15, 0.2) is 56.4 Å². The van der Waals surface area contributed by atoms with Crippen LogP contribution in [0, 0.1) is 36.5 Å². The highest BCUT2D eigenvalue weighted by atomic mass is 32.2. The van der Waals surface area contributed by atoms with Gasteiger partial charge in [0.25, 0.3) is 5.82 Å². The monoisotopic (exact) mass is 411 g/mol. The number of hydrogen-bond donors (Lipinski definition) is 1. The summed E-state index contributed by atoms with van der Waals surface area (Å²) >= 11 is 1.55. The summed E-state index contributed by atoms with van der Waals surface area (Å²) in [5, 5.41) is 19.9. The number of H-pyrrole nitrogens is 1. The van der Waals surface area contributed by atoms with Crippen LogP contribution < -0.4 is 10.7 Å². The second-order valence-corrected chi connectivity index (χ2v) is 8.22. The second kappa shape index (κ2) is 7.59. The van der Waals surface area contributed by atoms with Crippen LogP contribution in [-0.4, -0.2) is 0 Å². The molecule has 0 saturated heterocycles. The standard InChI is InChI=1S/C24H18N4OS/c1-13-4-7-17(8-5-13)30-21-9-6-16(29-21)10-18-14(2)19(11-25)23-22(18)15(3)20(12-26)24(27)28-23/h4-10H,1-3H3,(H2,27,28)/p+1. The van der Waals surface area contributed by atoms with Gasteiger partial charge in [0.15, 0.2) is 10.8 Å². The number of aromatic amines is 1. The summed E-state index contributed by atoms with van der Waals surface area (Å²) in [6.45, 7) is 5.80. The van der Waals surface area contributed by atoms with Crippen molar-refractivity contribution in [3.63, 3.8) is 0 Å². The SMILES string of the molecule is CC1=C(C#N)c2[nH+]c(N)c(C#N)c(C)c2C1=Cc1ccc(Sc2ccc(C)cc2)o1. The number of hydrogen-bond acceptors (Lipinski definition) is 5. The summed E-state index contributed by atoms with van der Waals surface area (Å²) < 4.78 is 6.01. The van der Waals surface area contributed by atoms with Gasteiger partial charge in [-0.3, -0.25) is 5.73 Å². The van der Waals surface area contributed by atoms with E-state index in [1.54, 1.807) is 11.8 Å². The molecular weight excluding hydrogens is 392 g/mol. The van der Waals surface area contributed by atoms with E-state index in [9.17, 15) is 10.5 Å². The van der Waals surface area contributed by atoms with Crippen molar-refractivity contribution in [2.24, 2.45) is 0 Å². The molecule has 0 atom stereocenters. The number of nitrogen functional groups attached to an aromatic ring is 1. The van der Waals surface area contributed by atoms with Crippen molar-refractivity contribution in [1.29, 1.82) is 10.5 Å². The van der Waals surface area contributed by atoms with Crippen molar-refractivity contribution in [1.82, 2.24) is 0 Å². The van der Waals surface area contributed by atoms with E-state index < -0.39 is 0 Å². The summed E-state index contributed by atoms with van der Waals surface area (Å²) in [6, 6.07) is 16.5. The van der Waals surface area contributed by atoms with E-state index in [2.05, 4.69) is 48.3 Å². The van der Waals surface area contributed by atoms with Gasteiger partial charge in [0.1, 0.15) is 29.0 Å². The number of nitrogens with one attached hydrogen (secondary N) is 1. The molecule has 0 fully saturated rings. The van der Waals surface area contributed by atoms with Gasteiger partial charge in [0, 0.05) is 10.5 Å². The van der Waals surface area contributed by atoms with E-state index in [4.69, 9.17) is 10.2 Å². The Morgan fingerprint density at radius 3 is 2.43 bits per heavy atom. The molecule has 3 aromatic rings. The normalized spacial score (nSPS) is 14.0. The minimum Gasteiger partial charge on any atom is -0.450 e. The van der Waals surface area contributed by atoms with Gasteiger partial charge in [0.05, 0.1) is 0 Å². The molecule has 0 radical (unpaired) electrons. The van der Waals surface area contributed by atoms with Gasteiger partial charge in [0.2, 0.25) is 0 Å². The first-order valence-electron chi connectivity index (χ1n) is 9.36. The third kappa shape index (κ3) is 3.28. The fourth-order valence-corrected chi connectivity index (χ4v) is 4.38. The van der Waals surface area contributed by atoms with Crippen LogP contribution in [-0.2, 0) is 0 Å². The zero-order chi connectivity index (χ0) is 21.4. The number of fused-ring (bicyclic) bond motifs is 1. The molecule has 0 spiro atoms. The lowest BCUT2D eigenvalue weighted by Gasteiger charge is -2.07. The molecule has 0 amide bonds. The highest BCUT2D eigenvalue weighted by Gasteiger charge is 2.32. The number of nitrogens with zero attached hydrogens (tertiary/aromatic N) is 2. The molecule has 146 valence electrons. The van der Waals surface area contributed by atoms with Crippen LogP contribution in [0.5, 0.6) is 0 Å². The fraction of sp³-hybridized carbons (Fsp3) is 0.125. The Morgan fingerprint density at radius 2 is 1.77 bits per heavy atom. The molecule has 1 aromatic carbocycles. The van der Waals surface area contributed by atoms with Crippen LogP contribution in [0.2, 0.25) is 0 Å². The van der Waals surface area contributed by atoms with Gasteiger partial charge < -0.3 is 4.42 Å². The quantitative estimate of drug-likeness (QED) is 0.641. The molecule has 5 nitrogen and oxygen atoms in total. The van der Waals surface area contributed by atoms with E-state index in [0.717, 1.165) is 32.3 Å². The molecule has 2 aromatic heterocycles. The van der Waals surface area contributed by atoms with Crippen LogP contribution in [0.25, 0.3) is 17.2 Å². The topological polar surface area (TPSA) is 101 Å². The number of nitrogens with two attached hydrogens (primary N) is 1. The summed E-state index contributed by atoms with van der Waals surface area (Å²) in [5.74, 6) is 0.948. The molecule has 1 aliphatic rings. The number of anilines is 1. The lowest BCUT2D eigenvalue weighted by molar-refractivity contribution is -0.364. The lowest BCUT2D eigenvalue weighted by atomic mass is 9.96. The summed E-state index contributed by atoms with van der Waals surface area (Å²) in [7, 11) is 0. The Hall–Kier alpha value is -3.74. The molecule has 2 heterocycles. The van der Waals surface area contributed by atoms with Gasteiger partial charge >= 0.3 is 0 Å². The van der Waals surface area contributed by atoms with Crippen molar-refractivity contribution in [2.75, 3.05) is 5.73 Å². The fourth-order valence-electron chi connectivity index (χ4n) is 3.60. The number of pyridine rings is 1. The minimum absolute atomic E-state index is 0.269. The number of allylic oxidation sites excluding steroid dienone is 3. The number of nitriles is 2. The third-order valence-corrected chi connectivity index (χ3v) is 6.11. The lowest BCUT2D eigenvalue weighted by Crippen LogP contribution is -2.20. The Kier molecular flexibility index (Phi) is 4.95. The molecule has 30 heavy (non-hydrogen) atoms. The Bertz CT molecular complexity index is 1310. The first-order valence-corrected chi connectivity index (χ1v) is 10.2. The van der Waals surface area contributed by atoms with Crippen LogP contribution in [0.3, 0.4) is 0 Å². The van der Waals surface area contributed by atoms with Crippen LogP contribution in [0.4, 0.5) is 5.82 Å². The summed E-state index contributed by atoms with van der Waals surface area (Å²) in [5.41, 5.74) is 12.0. The van der Waals surface area contributed by atoms with E-state index in [-0.39, 0.29) is 5.82 Å². The van der Waals surface area contributed by atoms with Crippen molar-refractivity contribution in [3.05, 3.63) is 75.7 Å². The zero-order valence-corrected chi connectivity index (χ0v) is 17.6. The minimum atomic E-state index is 0.269. The van der Waals surface area contributed by atoms with Crippen LogP contribution in [0.1, 0.15) is 40.6 Å². The zero-order valence-electron chi connectivity index (χ0n) is 16.8. The van der Waals surface area contributed by atoms with Crippen molar-refractivity contribution in [3.8, 4) is 12.1 Å². The Morgan fingerprint density at radius 1 is 1.03 bits per heavy atom. The van der Waals surface area contributed by atoms with E-state index in [0.29, 0.717) is 22.6 Å². The summed E-state index contributed by atoms with van der Waals surface area (Å²) in [4.78, 5) is 4.14. The van der Waals surface area contributed by atoms with E-state index >= 15 is 0 Å². The van der Waals surface area contributed by atoms with Crippen molar-refractivity contribution < 1.29 is 9.40 Å². The van der Waals surface area contributed by atoms with E-state index in [1.807, 2.05) is 32.1 Å². The molecule has 0 saturated carbocycles. The Labute approximate surface area is 179 Å². The van der Waals surface area contributed by atoms with Crippen LogP contribution >= 0.6 is 11.8 Å². The third-order valence-electron chi connectivity index (χ3n) is 5.18. The highest BCUT2D eigenvalue weighted by molar-refractivity contribution is 7.99. The molecule has 1 aliphatic carbocycles. The van der Waals surface area contributed by atoms with E-state index in [1.165, 1.54) is 5.56 Å². The average Bonchev–Trinajstić information content (AvgIpc) is 3.26. The van der Waals surface area contributed by atoms with Gasteiger partial charge in [-0.2, -0.15) is 10.5 Å². The maximum Gasteiger partial charge on any atom is 0.289 e. The van der Waals surface area contributed by atoms with Gasteiger partial charge in [-0.15, -0.1) is 0 Å². The first kappa shape index (κ1) is 19.6. The smallest absolute Gasteiger partial charge is 0.289 e. The number of furan rings is 1. The molecule has 3 N–H and O–H groups in total. The predicted molar refractivity (Wildman–Crippen MR) is 117 cm³/mol. The average molecular weight is 412 g/mol. The van der Waals surface area contributed by atoms with Gasteiger partial charge in [-0.25, -0.2) is 4.98 Å². The predicted octanol–water partition coefficient (Wildman–Crippen LogP) is 5.17. The number of benzene rings is 1. The molecule has 6 heteroatoms. The first-order chi connectivity index (χ1) is 14.4. The maximum atomic E-state index is 9.68. The number of aromatic nitrogens is 1. The second-order valence-electron chi connectivity index (χ2n) is 7.14. The van der Waals surface area contributed by atoms with Gasteiger partial charge in [-0.1, -0.05) is 29.5 Å². The molecule has 0 bridgehead atoms. The molecule has 0 unspecified atom stereocenters. The van der Waals surface area contributed by atoms with Gasteiger partial charge in [-0.05, 0) is 67.8 Å². The van der Waals surface area contributed by atoms with Crippen molar-refractivity contribution in [2.45, 2.75) is 30.8 Å². The van der Waals surface area contributed by atoms with Crippen molar-refractivity contribution >= 4 is 34.8 Å². The number of aryl methyl sites for hydroxylation is 1.